The van der Waals surface area contributed by atoms with Crippen molar-refractivity contribution in [1.82, 2.24) is 0 Å². The molecule has 1 aliphatic carbocycles. The Bertz CT molecular complexity index is 694. The molecule has 0 amide bonds. The van der Waals surface area contributed by atoms with Crippen LogP contribution in [0.25, 0.3) is 0 Å². The van der Waals surface area contributed by atoms with Crippen LogP contribution in [0, 0.1) is 21.4 Å². The standard InChI is InChI=1S/C16H24N2O4S/c1-12(2)10-16(7-4-8-16)11-17-13-5-6-14(18(19)20)15(9-13)23(3,21)22/h5-6,9,12,17H,4,7-8,10-11H2,1-3H3. The van der Waals surface area contributed by atoms with Crippen molar-refractivity contribution >= 4 is 21.2 Å². The van der Waals surface area contributed by atoms with Gasteiger partial charge in [0.1, 0.15) is 4.90 Å². The summed E-state index contributed by atoms with van der Waals surface area (Å²) in [5.41, 5.74) is 0.505. The summed E-state index contributed by atoms with van der Waals surface area (Å²) >= 11 is 0. The Hall–Kier alpha value is -1.63. The predicted octanol–water partition coefficient (Wildman–Crippen LogP) is 3.63. The van der Waals surface area contributed by atoms with Gasteiger partial charge in [-0.2, -0.15) is 0 Å². The molecule has 1 fully saturated rings. The third-order valence-electron chi connectivity index (χ3n) is 4.48. The average molecular weight is 340 g/mol. The second kappa shape index (κ2) is 6.47. The SMILES string of the molecule is CC(C)CC1(CNc2ccc([N+](=O)[O-])c(S(C)(=O)=O)c2)CCC1. The second-order valence-corrected chi connectivity index (χ2v) is 9.00. The van der Waals surface area contributed by atoms with Gasteiger partial charge in [0, 0.05) is 24.6 Å². The maximum absolute atomic E-state index is 11.8. The number of nitro groups is 1. The molecule has 128 valence electrons. The zero-order valence-electron chi connectivity index (χ0n) is 13.8. The second-order valence-electron chi connectivity index (χ2n) is 7.02. The first kappa shape index (κ1) is 17.7. The quantitative estimate of drug-likeness (QED) is 0.605. The van der Waals surface area contributed by atoms with Crippen molar-refractivity contribution in [3.8, 4) is 0 Å². The van der Waals surface area contributed by atoms with Gasteiger partial charge >= 0.3 is 0 Å². The van der Waals surface area contributed by atoms with Crippen molar-refractivity contribution in [2.24, 2.45) is 11.3 Å². The van der Waals surface area contributed by atoms with Crippen molar-refractivity contribution in [2.45, 2.75) is 44.4 Å². The molecule has 0 aliphatic heterocycles. The van der Waals surface area contributed by atoms with Crippen molar-refractivity contribution < 1.29 is 13.3 Å². The van der Waals surface area contributed by atoms with Crippen molar-refractivity contribution in [2.75, 3.05) is 18.1 Å². The van der Waals surface area contributed by atoms with Crippen molar-refractivity contribution in [1.29, 1.82) is 0 Å². The summed E-state index contributed by atoms with van der Waals surface area (Å²) in [5, 5.41) is 14.3. The first-order valence-corrected chi connectivity index (χ1v) is 9.74. The van der Waals surface area contributed by atoms with Gasteiger partial charge in [0.15, 0.2) is 9.84 Å². The van der Waals surface area contributed by atoms with Gasteiger partial charge < -0.3 is 5.32 Å². The highest BCUT2D eigenvalue weighted by Gasteiger charge is 2.37. The maximum Gasteiger partial charge on any atom is 0.288 e. The van der Waals surface area contributed by atoms with E-state index in [2.05, 4.69) is 19.2 Å². The summed E-state index contributed by atoms with van der Waals surface area (Å²) in [6.07, 6.45) is 5.69. The highest BCUT2D eigenvalue weighted by atomic mass is 32.2. The molecule has 1 aromatic rings. The molecule has 0 atom stereocenters. The highest BCUT2D eigenvalue weighted by molar-refractivity contribution is 7.90. The fraction of sp³-hybridized carbons (Fsp3) is 0.625. The van der Waals surface area contributed by atoms with Crippen LogP contribution in [0.5, 0.6) is 0 Å². The zero-order chi connectivity index (χ0) is 17.3. The van der Waals surface area contributed by atoms with E-state index in [-0.39, 0.29) is 16.0 Å². The number of nitrogens with zero attached hydrogens (tertiary/aromatic N) is 1. The predicted molar refractivity (Wildman–Crippen MR) is 90.4 cm³/mol. The van der Waals surface area contributed by atoms with Crippen LogP contribution in [0.15, 0.2) is 23.1 Å². The largest absolute Gasteiger partial charge is 0.384 e. The zero-order valence-corrected chi connectivity index (χ0v) is 14.6. The Labute approximate surface area is 137 Å². The molecular formula is C16H24N2O4S. The first-order valence-electron chi connectivity index (χ1n) is 7.85. The van der Waals surface area contributed by atoms with Gasteiger partial charge in [-0.05, 0) is 42.7 Å². The van der Waals surface area contributed by atoms with Gasteiger partial charge in [0.25, 0.3) is 5.69 Å². The number of hydrogen-bond donors (Lipinski definition) is 1. The molecule has 23 heavy (non-hydrogen) atoms. The van der Waals surface area contributed by atoms with E-state index >= 15 is 0 Å². The minimum atomic E-state index is -3.65. The van der Waals surface area contributed by atoms with Crippen LogP contribution in [-0.2, 0) is 9.84 Å². The molecule has 6 nitrogen and oxygen atoms in total. The van der Waals surface area contributed by atoms with Crippen LogP contribution in [0.2, 0.25) is 0 Å². The van der Waals surface area contributed by atoms with E-state index < -0.39 is 14.8 Å². The summed E-state index contributed by atoms with van der Waals surface area (Å²) in [7, 11) is -3.65. The lowest BCUT2D eigenvalue weighted by atomic mass is 9.64. The minimum absolute atomic E-state index is 0.237. The Morgan fingerprint density at radius 2 is 2.00 bits per heavy atom. The van der Waals surface area contributed by atoms with Crippen molar-refractivity contribution in [3.63, 3.8) is 0 Å². The van der Waals surface area contributed by atoms with Crippen LogP contribution in [0.3, 0.4) is 0 Å². The Morgan fingerprint density at radius 1 is 1.35 bits per heavy atom. The van der Waals surface area contributed by atoms with E-state index in [1.165, 1.54) is 31.4 Å². The molecule has 1 aliphatic rings. The van der Waals surface area contributed by atoms with Crippen LogP contribution in [0.1, 0.15) is 39.5 Å². The maximum atomic E-state index is 11.8. The van der Waals surface area contributed by atoms with Crippen LogP contribution >= 0.6 is 0 Å². The van der Waals surface area contributed by atoms with E-state index in [0.717, 1.165) is 19.2 Å². The smallest absolute Gasteiger partial charge is 0.288 e. The summed E-state index contributed by atoms with van der Waals surface area (Å²) in [4.78, 5) is 10.1. The third-order valence-corrected chi connectivity index (χ3v) is 5.60. The van der Waals surface area contributed by atoms with E-state index in [1.807, 2.05) is 0 Å². The number of nitrogens with one attached hydrogen (secondary N) is 1. The number of anilines is 1. The Morgan fingerprint density at radius 3 is 2.43 bits per heavy atom. The number of rotatable bonds is 7. The highest BCUT2D eigenvalue weighted by Crippen LogP contribution is 2.46. The fourth-order valence-corrected chi connectivity index (χ4v) is 4.22. The monoisotopic (exact) mass is 340 g/mol. The lowest BCUT2D eigenvalue weighted by Crippen LogP contribution is -2.37. The van der Waals surface area contributed by atoms with E-state index in [0.29, 0.717) is 11.6 Å². The molecule has 0 radical (unpaired) electrons. The molecule has 1 saturated carbocycles. The Kier molecular flexibility index (Phi) is 4.98. The van der Waals surface area contributed by atoms with Crippen LogP contribution in [-0.4, -0.2) is 26.1 Å². The van der Waals surface area contributed by atoms with E-state index in [4.69, 9.17) is 0 Å². The van der Waals surface area contributed by atoms with Crippen LogP contribution in [0.4, 0.5) is 11.4 Å². The van der Waals surface area contributed by atoms with Crippen molar-refractivity contribution in [3.05, 3.63) is 28.3 Å². The summed E-state index contributed by atoms with van der Waals surface area (Å²) in [6, 6.07) is 4.21. The molecule has 0 aromatic heterocycles. The topological polar surface area (TPSA) is 89.3 Å². The fourth-order valence-electron chi connectivity index (χ4n) is 3.36. The van der Waals surface area contributed by atoms with Gasteiger partial charge in [-0.3, -0.25) is 10.1 Å². The van der Waals surface area contributed by atoms with Gasteiger partial charge in [0.2, 0.25) is 0 Å². The van der Waals surface area contributed by atoms with E-state index in [1.54, 1.807) is 6.07 Å². The number of nitro benzene ring substituents is 1. The van der Waals surface area contributed by atoms with Gasteiger partial charge in [-0.25, -0.2) is 8.42 Å². The lowest BCUT2D eigenvalue weighted by molar-refractivity contribution is -0.387. The van der Waals surface area contributed by atoms with Gasteiger partial charge in [0.05, 0.1) is 4.92 Å². The third kappa shape index (κ3) is 4.22. The van der Waals surface area contributed by atoms with E-state index in [9.17, 15) is 18.5 Å². The minimum Gasteiger partial charge on any atom is -0.384 e. The normalized spacial score (nSPS) is 16.9. The molecule has 1 aromatic carbocycles. The van der Waals surface area contributed by atoms with Crippen LogP contribution < -0.4 is 5.32 Å². The summed E-state index contributed by atoms with van der Waals surface area (Å²) < 4.78 is 23.6. The van der Waals surface area contributed by atoms with Gasteiger partial charge in [-0.15, -0.1) is 0 Å². The Balaban J connectivity index is 2.20. The molecule has 0 unspecified atom stereocenters. The molecule has 0 heterocycles. The number of hydrogen-bond acceptors (Lipinski definition) is 5. The molecule has 2 rings (SSSR count). The first-order chi connectivity index (χ1) is 10.6. The van der Waals surface area contributed by atoms with Gasteiger partial charge in [-0.1, -0.05) is 20.3 Å². The lowest BCUT2D eigenvalue weighted by Gasteiger charge is -2.43. The molecule has 0 bridgehead atoms. The molecular weight excluding hydrogens is 316 g/mol. The summed E-state index contributed by atoms with van der Waals surface area (Å²) in [5.74, 6) is 0.612. The number of sulfone groups is 1. The number of benzene rings is 1. The molecule has 1 N–H and O–H groups in total. The molecule has 0 spiro atoms. The average Bonchev–Trinajstić information content (AvgIpc) is 2.39. The summed E-state index contributed by atoms with van der Waals surface area (Å²) in [6.45, 7) is 5.17. The molecule has 0 saturated heterocycles. The molecule has 7 heteroatoms.